The number of carboxylic acid groups (broad SMARTS) is 1. The number of rotatable bonds is 1. The van der Waals surface area contributed by atoms with Crippen LogP contribution in [0.25, 0.3) is 0 Å². The summed E-state index contributed by atoms with van der Waals surface area (Å²) in [5, 5.41) is 8.69. The molecule has 1 aliphatic carbocycles. The van der Waals surface area contributed by atoms with Crippen molar-refractivity contribution in [2.75, 3.05) is 0 Å². The number of aryl methyl sites for hydroxylation is 1. The van der Waals surface area contributed by atoms with E-state index in [4.69, 9.17) is 5.11 Å². The average Bonchev–Trinajstić information content (AvgIpc) is 2.52. The molecule has 1 heterocycles. The van der Waals surface area contributed by atoms with E-state index in [1.54, 1.807) is 0 Å². The first-order valence-corrected chi connectivity index (χ1v) is 4.74. The van der Waals surface area contributed by atoms with Gasteiger partial charge in [0.05, 0.1) is 10.0 Å². The molecule has 1 aromatic rings. The maximum Gasteiger partial charge on any atom is 0.353 e. The number of nitrogens with one attached hydrogen (secondary N) is 1. The number of carboxylic acids is 1. The Balaban J connectivity index is 2.61. The van der Waals surface area contributed by atoms with Crippen LogP contribution in [-0.4, -0.2) is 16.1 Å². The van der Waals surface area contributed by atoms with Gasteiger partial charge < -0.3 is 10.1 Å². The number of fused-ring (bicyclic) bond motifs is 1. The van der Waals surface area contributed by atoms with E-state index >= 15 is 0 Å². The number of hydrogen-bond acceptors (Lipinski definition) is 1. The molecule has 1 aliphatic rings. The second-order valence-electron chi connectivity index (χ2n) is 3.18. The molecule has 0 unspecified atom stereocenters. The van der Waals surface area contributed by atoms with Crippen LogP contribution in [-0.2, 0) is 12.3 Å². The first-order valence-electron chi connectivity index (χ1n) is 3.95. The van der Waals surface area contributed by atoms with Crippen molar-refractivity contribution in [1.82, 2.24) is 4.98 Å². The number of aromatic carboxylic acids is 1. The van der Waals surface area contributed by atoms with Crippen LogP contribution < -0.4 is 0 Å². The molecule has 0 amide bonds. The Labute approximate surface area is 86.2 Å². The van der Waals surface area contributed by atoms with Crippen LogP contribution in [0.5, 0.6) is 0 Å². The van der Waals surface area contributed by atoms with Crippen LogP contribution in [0.4, 0.5) is 8.78 Å². The monoisotopic (exact) mass is 265 g/mol. The smallest absolute Gasteiger partial charge is 0.353 e. The molecule has 0 saturated carbocycles. The van der Waals surface area contributed by atoms with E-state index in [9.17, 15) is 13.6 Å². The van der Waals surface area contributed by atoms with Crippen molar-refractivity contribution in [3.63, 3.8) is 0 Å². The molecule has 6 heteroatoms. The molecule has 0 aliphatic heterocycles. The molecule has 2 rings (SSSR count). The van der Waals surface area contributed by atoms with E-state index < -0.39 is 11.9 Å². The Kier molecular flexibility index (Phi) is 1.92. The highest BCUT2D eigenvalue weighted by molar-refractivity contribution is 9.10. The molecular formula is C8H6BrF2NO2. The highest BCUT2D eigenvalue weighted by Crippen LogP contribution is 2.46. The molecule has 76 valence electrons. The standard InChI is InChI=1S/C8H6BrF2NO2/c9-5-4-3(1-2-8(4,10)11)12-6(5)7(13)14/h12H,1-2H2,(H,13,14). The molecule has 0 bridgehead atoms. The Hall–Kier alpha value is -0.910. The van der Waals surface area contributed by atoms with Gasteiger partial charge in [0.15, 0.2) is 0 Å². The van der Waals surface area contributed by atoms with Gasteiger partial charge in [0.25, 0.3) is 5.92 Å². The minimum atomic E-state index is -2.92. The average molecular weight is 266 g/mol. The maximum absolute atomic E-state index is 13.2. The molecule has 0 radical (unpaired) electrons. The van der Waals surface area contributed by atoms with E-state index in [2.05, 4.69) is 20.9 Å². The second-order valence-corrected chi connectivity index (χ2v) is 3.97. The lowest BCUT2D eigenvalue weighted by Crippen LogP contribution is -2.08. The fourth-order valence-corrected chi connectivity index (χ4v) is 2.45. The molecular weight excluding hydrogens is 260 g/mol. The number of hydrogen-bond donors (Lipinski definition) is 2. The summed E-state index contributed by atoms with van der Waals surface area (Å²) in [5.74, 6) is -4.15. The van der Waals surface area contributed by atoms with Gasteiger partial charge >= 0.3 is 5.97 Å². The third kappa shape index (κ3) is 1.17. The van der Waals surface area contributed by atoms with E-state index in [0.717, 1.165) is 0 Å². The van der Waals surface area contributed by atoms with Gasteiger partial charge in [0.2, 0.25) is 0 Å². The van der Waals surface area contributed by atoms with E-state index in [1.807, 2.05) is 0 Å². The molecule has 0 spiro atoms. The Morgan fingerprint density at radius 1 is 1.57 bits per heavy atom. The highest BCUT2D eigenvalue weighted by Gasteiger charge is 2.44. The van der Waals surface area contributed by atoms with Crippen LogP contribution in [0.3, 0.4) is 0 Å². The van der Waals surface area contributed by atoms with Gasteiger partial charge in [-0.25, -0.2) is 13.6 Å². The fourth-order valence-electron chi connectivity index (χ4n) is 1.65. The van der Waals surface area contributed by atoms with Crippen molar-refractivity contribution < 1.29 is 18.7 Å². The maximum atomic E-state index is 13.2. The molecule has 14 heavy (non-hydrogen) atoms. The second kappa shape index (κ2) is 2.79. The van der Waals surface area contributed by atoms with Crippen LogP contribution >= 0.6 is 15.9 Å². The lowest BCUT2D eigenvalue weighted by atomic mass is 10.2. The van der Waals surface area contributed by atoms with Gasteiger partial charge in [0, 0.05) is 12.1 Å². The molecule has 0 aromatic carbocycles. The van der Waals surface area contributed by atoms with Crippen molar-refractivity contribution >= 4 is 21.9 Å². The molecule has 2 N–H and O–H groups in total. The molecule has 0 atom stereocenters. The van der Waals surface area contributed by atoms with Crippen molar-refractivity contribution in [3.8, 4) is 0 Å². The van der Waals surface area contributed by atoms with Crippen LogP contribution in [0.1, 0.15) is 28.2 Å². The molecule has 1 aromatic heterocycles. The summed E-state index contributed by atoms with van der Waals surface area (Å²) in [6.07, 6.45) is -0.0686. The zero-order valence-electron chi connectivity index (χ0n) is 6.90. The van der Waals surface area contributed by atoms with Gasteiger partial charge in [-0.05, 0) is 22.4 Å². The lowest BCUT2D eigenvalue weighted by Gasteiger charge is -2.08. The zero-order chi connectivity index (χ0) is 10.5. The Morgan fingerprint density at radius 3 is 2.71 bits per heavy atom. The van der Waals surface area contributed by atoms with Gasteiger partial charge in [-0.3, -0.25) is 0 Å². The number of carbonyl (C=O) groups is 1. The summed E-state index contributed by atoms with van der Waals surface area (Å²) >= 11 is 2.89. The SMILES string of the molecule is O=C(O)c1[nH]c2c(c1Br)C(F)(F)CC2. The minimum Gasteiger partial charge on any atom is -0.477 e. The van der Waals surface area contributed by atoms with E-state index in [0.29, 0.717) is 5.69 Å². The summed E-state index contributed by atoms with van der Waals surface area (Å²) in [4.78, 5) is 13.1. The van der Waals surface area contributed by atoms with E-state index in [1.165, 1.54) is 0 Å². The van der Waals surface area contributed by atoms with E-state index in [-0.39, 0.29) is 28.6 Å². The highest BCUT2D eigenvalue weighted by atomic mass is 79.9. The molecule has 0 fully saturated rings. The quantitative estimate of drug-likeness (QED) is 0.820. The first kappa shape index (κ1) is 9.64. The lowest BCUT2D eigenvalue weighted by molar-refractivity contribution is -0.00246. The number of halogens is 3. The first-order chi connectivity index (χ1) is 6.43. The van der Waals surface area contributed by atoms with Crippen molar-refractivity contribution in [3.05, 3.63) is 21.4 Å². The van der Waals surface area contributed by atoms with Crippen molar-refractivity contribution in [2.45, 2.75) is 18.8 Å². The predicted octanol–water partition coefficient (Wildman–Crippen LogP) is 2.51. The van der Waals surface area contributed by atoms with Gasteiger partial charge in [0.1, 0.15) is 5.69 Å². The van der Waals surface area contributed by atoms with Gasteiger partial charge in [-0.2, -0.15) is 0 Å². The number of aromatic amines is 1. The largest absolute Gasteiger partial charge is 0.477 e. The zero-order valence-corrected chi connectivity index (χ0v) is 8.49. The van der Waals surface area contributed by atoms with Crippen LogP contribution in [0, 0.1) is 0 Å². The molecule has 0 saturated heterocycles. The normalized spacial score (nSPS) is 18.2. The number of aromatic nitrogens is 1. The number of alkyl halides is 2. The fraction of sp³-hybridized carbons (Fsp3) is 0.375. The third-order valence-corrected chi connectivity index (χ3v) is 3.08. The summed E-state index contributed by atoms with van der Waals surface area (Å²) in [7, 11) is 0. The number of H-pyrrole nitrogens is 1. The topological polar surface area (TPSA) is 53.1 Å². The molecule has 3 nitrogen and oxygen atoms in total. The van der Waals surface area contributed by atoms with Crippen LogP contribution in [0.2, 0.25) is 0 Å². The van der Waals surface area contributed by atoms with Crippen molar-refractivity contribution in [1.29, 1.82) is 0 Å². The summed E-state index contributed by atoms with van der Waals surface area (Å²) < 4.78 is 26.4. The summed E-state index contributed by atoms with van der Waals surface area (Å²) in [6.45, 7) is 0. The Morgan fingerprint density at radius 2 is 2.21 bits per heavy atom. The van der Waals surface area contributed by atoms with Crippen molar-refractivity contribution in [2.24, 2.45) is 0 Å². The third-order valence-electron chi connectivity index (χ3n) is 2.29. The van der Waals surface area contributed by atoms with Crippen LogP contribution in [0.15, 0.2) is 4.47 Å². The summed E-state index contributed by atoms with van der Waals surface area (Å²) in [5.41, 5.74) is -0.0800. The summed E-state index contributed by atoms with van der Waals surface area (Å²) in [6, 6.07) is 0. The minimum absolute atomic E-state index is 0.0255. The van der Waals surface area contributed by atoms with Gasteiger partial charge in [-0.15, -0.1) is 0 Å². The predicted molar refractivity (Wildman–Crippen MR) is 47.7 cm³/mol. The Bertz CT molecular complexity index is 414. The van der Waals surface area contributed by atoms with Gasteiger partial charge in [-0.1, -0.05) is 0 Å².